The summed E-state index contributed by atoms with van der Waals surface area (Å²) < 4.78 is 5.41. The first kappa shape index (κ1) is 30.3. The second-order valence-electron chi connectivity index (χ2n) is 11.0. The lowest BCUT2D eigenvalue weighted by Gasteiger charge is -2.32. The van der Waals surface area contributed by atoms with Gasteiger partial charge in [-0.25, -0.2) is 4.79 Å². The molecule has 3 rings (SSSR count). The zero-order valence-electron chi connectivity index (χ0n) is 23.5. The van der Waals surface area contributed by atoms with Gasteiger partial charge in [0.25, 0.3) is 5.91 Å². The number of ether oxygens (including phenoxy) is 1. The molecule has 8 heteroatoms. The van der Waals surface area contributed by atoms with E-state index in [1.54, 1.807) is 57.2 Å². The first-order chi connectivity index (χ1) is 19.0. The van der Waals surface area contributed by atoms with Crippen molar-refractivity contribution < 1.29 is 24.2 Å². The van der Waals surface area contributed by atoms with Gasteiger partial charge in [-0.1, -0.05) is 68.7 Å². The van der Waals surface area contributed by atoms with Gasteiger partial charge in [-0.05, 0) is 68.5 Å². The van der Waals surface area contributed by atoms with E-state index in [9.17, 15) is 19.5 Å². The Bertz CT molecular complexity index is 1240. The minimum absolute atomic E-state index is 0.00579. The molecular formula is C32H39N3O5. The van der Waals surface area contributed by atoms with Crippen molar-refractivity contribution in [3.8, 4) is 18.2 Å². The van der Waals surface area contributed by atoms with E-state index in [1.807, 2.05) is 6.07 Å². The molecule has 3 amide bonds. The molecule has 3 N–H and O–H groups in total. The molecule has 0 bridgehead atoms. The van der Waals surface area contributed by atoms with E-state index >= 15 is 0 Å². The average molecular weight is 546 g/mol. The van der Waals surface area contributed by atoms with E-state index in [0.717, 1.165) is 42.6 Å². The van der Waals surface area contributed by atoms with Crippen LogP contribution in [0.2, 0.25) is 0 Å². The van der Waals surface area contributed by atoms with Gasteiger partial charge in [0.2, 0.25) is 5.91 Å². The van der Waals surface area contributed by atoms with Crippen molar-refractivity contribution in [2.75, 3.05) is 0 Å². The third kappa shape index (κ3) is 8.63. The Hall–Kier alpha value is -4.25. The van der Waals surface area contributed by atoms with Gasteiger partial charge in [-0.15, -0.1) is 0 Å². The van der Waals surface area contributed by atoms with Crippen molar-refractivity contribution >= 4 is 24.0 Å². The molecule has 1 aliphatic rings. The molecule has 1 fully saturated rings. The summed E-state index contributed by atoms with van der Waals surface area (Å²) in [6, 6.07) is 13.5. The van der Waals surface area contributed by atoms with E-state index in [1.165, 1.54) is 12.1 Å². The van der Waals surface area contributed by atoms with E-state index in [0.29, 0.717) is 11.1 Å². The summed E-state index contributed by atoms with van der Waals surface area (Å²) in [5.41, 5.74) is 1.17. The van der Waals surface area contributed by atoms with Gasteiger partial charge in [0.05, 0.1) is 0 Å². The van der Waals surface area contributed by atoms with E-state index in [2.05, 4.69) is 23.3 Å². The number of carbonyl (C=O) groups excluding carboxylic acids is 3. The van der Waals surface area contributed by atoms with Gasteiger partial charge in [0.15, 0.2) is 0 Å². The fourth-order valence-corrected chi connectivity index (χ4v) is 4.75. The zero-order chi connectivity index (χ0) is 29.3. The normalized spacial score (nSPS) is 15.2. The number of nitrogens with one attached hydrogen (secondary N) is 2. The van der Waals surface area contributed by atoms with Crippen LogP contribution in [0, 0.1) is 12.5 Å². The Balaban J connectivity index is 1.98. The van der Waals surface area contributed by atoms with Crippen molar-refractivity contribution in [1.82, 2.24) is 15.5 Å². The predicted molar refractivity (Wildman–Crippen MR) is 155 cm³/mol. The monoisotopic (exact) mass is 545 g/mol. The number of carbonyl (C=O) groups is 3. The lowest BCUT2D eigenvalue weighted by molar-refractivity contribution is -0.139. The minimum Gasteiger partial charge on any atom is -0.508 e. The third-order valence-corrected chi connectivity index (χ3v) is 6.66. The third-order valence-electron chi connectivity index (χ3n) is 6.66. The quantitative estimate of drug-likeness (QED) is 0.301. The van der Waals surface area contributed by atoms with Crippen LogP contribution in [-0.4, -0.2) is 45.6 Å². The summed E-state index contributed by atoms with van der Waals surface area (Å²) in [5, 5.41) is 15.4. The lowest BCUT2D eigenvalue weighted by atomic mass is 9.94. The molecule has 2 atom stereocenters. The van der Waals surface area contributed by atoms with Gasteiger partial charge in [0, 0.05) is 18.5 Å². The average Bonchev–Trinajstić information content (AvgIpc) is 2.91. The van der Waals surface area contributed by atoms with E-state index in [4.69, 9.17) is 11.2 Å². The largest absolute Gasteiger partial charge is 0.508 e. The second-order valence-corrected chi connectivity index (χ2v) is 11.0. The summed E-state index contributed by atoms with van der Waals surface area (Å²) in [6.07, 6.45) is 11.7. The van der Waals surface area contributed by atoms with Gasteiger partial charge in [0.1, 0.15) is 23.4 Å². The van der Waals surface area contributed by atoms with Crippen LogP contribution in [0.1, 0.15) is 75.6 Å². The van der Waals surface area contributed by atoms with Crippen LogP contribution in [0.4, 0.5) is 4.79 Å². The van der Waals surface area contributed by atoms with Crippen molar-refractivity contribution in [1.29, 1.82) is 0 Å². The highest BCUT2D eigenvalue weighted by molar-refractivity contribution is 5.93. The molecular weight excluding hydrogens is 506 g/mol. The molecule has 0 aromatic heterocycles. The molecule has 2 aromatic rings. The molecule has 0 aliphatic heterocycles. The van der Waals surface area contributed by atoms with Gasteiger partial charge in [-0.2, -0.15) is 0 Å². The van der Waals surface area contributed by atoms with Crippen molar-refractivity contribution in [2.45, 2.75) is 83.0 Å². The molecule has 2 aromatic carbocycles. The van der Waals surface area contributed by atoms with Crippen molar-refractivity contribution in [2.24, 2.45) is 0 Å². The summed E-state index contributed by atoms with van der Waals surface area (Å²) >= 11 is 0. The number of nitrogens with zero attached hydrogens (tertiary/aromatic N) is 1. The maximum absolute atomic E-state index is 14.1. The molecule has 0 heterocycles. The number of benzene rings is 2. The van der Waals surface area contributed by atoms with Crippen molar-refractivity contribution in [3.63, 3.8) is 0 Å². The molecule has 1 aliphatic carbocycles. The summed E-state index contributed by atoms with van der Waals surface area (Å²) in [7, 11) is 0. The number of hydrogen-bond donors (Lipinski definition) is 3. The Labute approximate surface area is 236 Å². The number of aromatic hydroxyl groups is 1. The summed E-state index contributed by atoms with van der Waals surface area (Å²) in [4.78, 5) is 41.7. The maximum atomic E-state index is 14.1. The SMILES string of the molecule is C#CN(C(=O)C(Cc1ccc(O)cc1)NC(=O)OC(C)(C)C)C(C(=O)NC1CCCCC1)c1cccc(C=C)c1. The fourth-order valence-electron chi connectivity index (χ4n) is 4.75. The van der Waals surface area contributed by atoms with Crippen LogP contribution >= 0.6 is 0 Å². The Kier molecular flexibility index (Phi) is 10.4. The first-order valence-electron chi connectivity index (χ1n) is 13.6. The van der Waals surface area contributed by atoms with E-state index < -0.39 is 29.7 Å². The molecule has 212 valence electrons. The standard InChI is InChI=1S/C32H39N3O5/c1-6-22-12-11-13-24(20-22)28(29(37)33-25-14-9-8-10-15-25)35(7-2)30(38)27(34-31(39)40-32(3,4)5)21-23-16-18-26(36)19-17-23/h2,6,11-13,16-20,25,27-28,36H,1,8-10,14-15,21H2,3-5H3,(H,33,37)(H,34,39). The number of rotatable bonds is 9. The summed E-state index contributed by atoms with van der Waals surface area (Å²) in [5.74, 6) is -0.965. The second kappa shape index (κ2) is 13.7. The number of phenolic OH excluding ortho intramolecular Hbond substituents is 1. The van der Waals surface area contributed by atoms with Gasteiger partial charge >= 0.3 is 6.09 Å². The number of phenols is 1. The fraction of sp³-hybridized carbons (Fsp3) is 0.406. The van der Waals surface area contributed by atoms with Gasteiger partial charge < -0.3 is 20.5 Å². The minimum atomic E-state index is -1.15. The molecule has 0 saturated heterocycles. The van der Waals surface area contributed by atoms with Crippen LogP contribution in [0.25, 0.3) is 6.08 Å². The van der Waals surface area contributed by atoms with Crippen molar-refractivity contribution in [3.05, 3.63) is 71.8 Å². The molecule has 1 saturated carbocycles. The highest BCUT2D eigenvalue weighted by Crippen LogP contribution is 2.26. The first-order valence-corrected chi connectivity index (χ1v) is 13.6. The van der Waals surface area contributed by atoms with Crippen LogP contribution in [0.3, 0.4) is 0 Å². The van der Waals surface area contributed by atoms with Crippen LogP contribution in [-0.2, 0) is 20.7 Å². The Morgan fingerprint density at radius 1 is 1.15 bits per heavy atom. The topological polar surface area (TPSA) is 108 Å². The molecule has 0 spiro atoms. The highest BCUT2D eigenvalue weighted by atomic mass is 16.6. The lowest BCUT2D eigenvalue weighted by Crippen LogP contribution is -2.53. The van der Waals surface area contributed by atoms with Crippen LogP contribution in [0.15, 0.2) is 55.1 Å². The number of amides is 3. The molecule has 8 nitrogen and oxygen atoms in total. The van der Waals surface area contributed by atoms with Crippen LogP contribution in [0.5, 0.6) is 5.75 Å². The molecule has 0 radical (unpaired) electrons. The molecule has 2 unspecified atom stereocenters. The molecule has 40 heavy (non-hydrogen) atoms. The Morgan fingerprint density at radius 3 is 2.42 bits per heavy atom. The summed E-state index contributed by atoms with van der Waals surface area (Å²) in [6.45, 7) is 8.97. The smallest absolute Gasteiger partial charge is 0.408 e. The van der Waals surface area contributed by atoms with E-state index in [-0.39, 0.29) is 24.1 Å². The van der Waals surface area contributed by atoms with Crippen LogP contribution < -0.4 is 10.6 Å². The maximum Gasteiger partial charge on any atom is 0.408 e. The highest BCUT2D eigenvalue weighted by Gasteiger charge is 2.37. The Morgan fingerprint density at radius 2 is 1.82 bits per heavy atom. The number of hydrogen-bond acceptors (Lipinski definition) is 5. The number of alkyl carbamates (subject to hydrolysis) is 1. The van der Waals surface area contributed by atoms with Gasteiger partial charge in [-0.3, -0.25) is 14.5 Å². The zero-order valence-corrected chi connectivity index (χ0v) is 23.5. The number of terminal acetylenes is 1. The predicted octanol–water partition coefficient (Wildman–Crippen LogP) is 5.08.